The monoisotopic (exact) mass is 204 g/mol. The summed E-state index contributed by atoms with van der Waals surface area (Å²) in [6.45, 7) is 2.21. The number of hydrogen-bond donors (Lipinski definition) is 0. The first-order valence-corrected chi connectivity index (χ1v) is 5.59. The summed E-state index contributed by atoms with van der Waals surface area (Å²) in [6.07, 6.45) is 19.2. The first-order chi connectivity index (χ1) is 7.41. The van der Waals surface area contributed by atoms with Gasteiger partial charge in [-0.15, -0.1) is 0 Å². The lowest BCUT2D eigenvalue weighted by atomic mass is 10.2. The zero-order chi connectivity index (χ0) is 11.2. The van der Waals surface area contributed by atoms with Crippen LogP contribution >= 0.6 is 0 Å². The predicted octanol–water partition coefficient (Wildman–Crippen LogP) is 4.01. The summed E-state index contributed by atoms with van der Waals surface area (Å²) in [7, 11) is 0. The Labute approximate surface area is 92.9 Å². The lowest BCUT2D eigenvalue weighted by molar-refractivity contribution is 0.568. The van der Waals surface area contributed by atoms with E-state index in [1.165, 1.54) is 25.3 Å². The predicted molar refractivity (Wildman–Crippen MR) is 66.4 cm³/mol. The molecule has 0 N–H and O–H groups in total. The highest BCUT2D eigenvalue weighted by molar-refractivity contribution is 5.45. The van der Waals surface area contributed by atoms with Crippen LogP contribution in [0.5, 0.6) is 0 Å². The highest BCUT2D eigenvalue weighted by atomic mass is 16.1. The van der Waals surface area contributed by atoms with E-state index < -0.39 is 0 Å². The molecule has 0 aromatic carbocycles. The van der Waals surface area contributed by atoms with Gasteiger partial charge in [-0.2, -0.15) is 0 Å². The second-order valence-electron chi connectivity index (χ2n) is 3.29. The van der Waals surface area contributed by atoms with E-state index in [0.29, 0.717) is 6.42 Å². The summed E-state index contributed by atoms with van der Waals surface area (Å²) >= 11 is 0. The summed E-state index contributed by atoms with van der Waals surface area (Å²) < 4.78 is 0. The second kappa shape index (κ2) is 12.7. The van der Waals surface area contributed by atoms with Crippen molar-refractivity contribution >= 4 is 5.94 Å². The van der Waals surface area contributed by atoms with Crippen molar-refractivity contribution in [2.45, 2.75) is 39.0 Å². The molecule has 0 heterocycles. The van der Waals surface area contributed by atoms with Crippen LogP contribution in [0.3, 0.4) is 0 Å². The molecule has 0 atom stereocenters. The molecule has 0 aliphatic heterocycles. The average molecular weight is 204 g/mol. The van der Waals surface area contributed by atoms with Gasteiger partial charge in [0.25, 0.3) is 0 Å². The summed E-state index contributed by atoms with van der Waals surface area (Å²) in [4.78, 5) is 9.82. The molecule has 0 bridgehead atoms. The Kier molecular flexibility index (Phi) is 11.5. The molecule has 0 unspecified atom stereocenters. The highest BCUT2D eigenvalue weighted by Crippen LogP contribution is 1.99. The molecule has 0 spiro atoms. The van der Waals surface area contributed by atoms with Crippen LogP contribution in [0.1, 0.15) is 39.0 Å². The fraction of sp³-hybridized carbons (Fsp3) is 0.429. The molecule has 0 aromatic heterocycles. The Morgan fingerprint density at radius 2 is 1.73 bits per heavy atom. The second-order valence-corrected chi connectivity index (χ2v) is 3.29. The number of hydrogen-bond acceptors (Lipinski definition) is 1. The molecular formula is C14H20O. The van der Waals surface area contributed by atoms with Crippen LogP contribution in [-0.2, 0) is 4.79 Å². The molecule has 0 radical (unpaired) electrons. The summed E-state index contributed by atoms with van der Waals surface area (Å²) in [6, 6.07) is 0. The van der Waals surface area contributed by atoms with E-state index in [1.807, 2.05) is 24.3 Å². The largest absolute Gasteiger partial charge is 0.234 e. The maximum atomic E-state index is 9.82. The first kappa shape index (κ1) is 13.7. The van der Waals surface area contributed by atoms with Gasteiger partial charge >= 0.3 is 0 Å². The van der Waals surface area contributed by atoms with Crippen LogP contribution < -0.4 is 0 Å². The number of rotatable bonds is 8. The van der Waals surface area contributed by atoms with Crippen LogP contribution in [0.2, 0.25) is 0 Å². The van der Waals surface area contributed by atoms with E-state index >= 15 is 0 Å². The normalized spacial score (nSPS) is 11.5. The van der Waals surface area contributed by atoms with Crippen molar-refractivity contribution in [2.24, 2.45) is 0 Å². The first-order valence-electron chi connectivity index (χ1n) is 5.59. The average Bonchev–Trinajstić information content (AvgIpc) is 2.26. The van der Waals surface area contributed by atoms with Gasteiger partial charge < -0.3 is 0 Å². The smallest absolute Gasteiger partial charge is 0.120 e. The fourth-order valence-electron chi connectivity index (χ4n) is 1.09. The maximum Gasteiger partial charge on any atom is 0.120 e. The van der Waals surface area contributed by atoms with Gasteiger partial charge in [-0.25, -0.2) is 4.79 Å². The van der Waals surface area contributed by atoms with Crippen LogP contribution in [0, 0.1) is 0 Å². The minimum Gasteiger partial charge on any atom is -0.234 e. The molecule has 1 nitrogen and oxygen atoms in total. The molecule has 0 rings (SSSR count). The van der Waals surface area contributed by atoms with E-state index in [-0.39, 0.29) is 0 Å². The van der Waals surface area contributed by atoms with Crippen LogP contribution in [0.15, 0.2) is 42.5 Å². The zero-order valence-corrected chi connectivity index (χ0v) is 9.49. The standard InChI is InChI=1S/C14H20O/c1-2-3-4-5-6-7-8-9-10-11-12-13-14-15/h6-11,13H,2-5,12H2,1H3/b7-6+,9-8+,11-10+. The lowest BCUT2D eigenvalue weighted by Crippen LogP contribution is -1.69. The van der Waals surface area contributed by atoms with Crippen molar-refractivity contribution in [2.75, 3.05) is 0 Å². The Morgan fingerprint density at radius 1 is 1.00 bits per heavy atom. The third-order valence-electron chi connectivity index (χ3n) is 1.92. The summed E-state index contributed by atoms with van der Waals surface area (Å²) in [5, 5.41) is 0. The van der Waals surface area contributed by atoms with Gasteiger partial charge in [0.05, 0.1) is 0 Å². The molecule has 0 aliphatic rings. The molecule has 0 amide bonds. The Bertz CT molecular complexity index is 253. The van der Waals surface area contributed by atoms with E-state index in [4.69, 9.17) is 0 Å². The van der Waals surface area contributed by atoms with Gasteiger partial charge in [-0.05, 0) is 19.3 Å². The number of unbranched alkanes of at least 4 members (excludes halogenated alkanes) is 3. The van der Waals surface area contributed by atoms with Crippen LogP contribution in [0.25, 0.3) is 0 Å². The van der Waals surface area contributed by atoms with Gasteiger partial charge in [0.1, 0.15) is 5.94 Å². The maximum absolute atomic E-state index is 9.82. The van der Waals surface area contributed by atoms with Crippen molar-refractivity contribution in [1.82, 2.24) is 0 Å². The lowest BCUT2D eigenvalue weighted by Gasteiger charge is -1.89. The third kappa shape index (κ3) is 12.7. The van der Waals surface area contributed by atoms with Crippen molar-refractivity contribution in [1.29, 1.82) is 0 Å². The third-order valence-corrected chi connectivity index (χ3v) is 1.92. The quantitative estimate of drug-likeness (QED) is 0.331. The van der Waals surface area contributed by atoms with E-state index in [9.17, 15) is 4.79 Å². The topological polar surface area (TPSA) is 17.1 Å². The number of allylic oxidation sites excluding steroid dienone is 7. The minimum absolute atomic E-state index is 0.661. The van der Waals surface area contributed by atoms with Crippen LogP contribution in [-0.4, -0.2) is 5.94 Å². The molecule has 0 saturated heterocycles. The Balaban J connectivity index is 3.44. The molecule has 82 valence electrons. The Morgan fingerprint density at radius 3 is 2.40 bits per heavy atom. The Hall–Kier alpha value is -1.33. The molecule has 15 heavy (non-hydrogen) atoms. The SMILES string of the molecule is CCCCC/C=C/C=C/C=C/CC=C=O. The van der Waals surface area contributed by atoms with Gasteiger partial charge in [0.15, 0.2) is 0 Å². The fourth-order valence-corrected chi connectivity index (χ4v) is 1.09. The zero-order valence-electron chi connectivity index (χ0n) is 9.49. The van der Waals surface area contributed by atoms with E-state index in [0.717, 1.165) is 6.42 Å². The molecule has 0 aliphatic carbocycles. The van der Waals surface area contributed by atoms with Gasteiger partial charge in [0.2, 0.25) is 0 Å². The summed E-state index contributed by atoms with van der Waals surface area (Å²) in [5.41, 5.74) is 0. The minimum atomic E-state index is 0.661. The molecule has 1 heteroatoms. The van der Waals surface area contributed by atoms with Crippen molar-refractivity contribution in [3.63, 3.8) is 0 Å². The molecule has 0 saturated carbocycles. The summed E-state index contributed by atoms with van der Waals surface area (Å²) in [5.74, 6) is 1.73. The van der Waals surface area contributed by atoms with Crippen molar-refractivity contribution in [3.8, 4) is 0 Å². The van der Waals surface area contributed by atoms with Gasteiger partial charge in [-0.1, -0.05) is 56.2 Å². The van der Waals surface area contributed by atoms with Gasteiger partial charge in [-0.3, -0.25) is 0 Å². The van der Waals surface area contributed by atoms with Crippen molar-refractivity contribution < 1.29 is 4.79 Å². The highest BCUT2D eigenvalue weighted by Gasteiger charge is 1.79. The molecular weight excluding hydrogens is 184 g/mol. The van der Waals surface area contributed by atoms with Crippen molar-refractivity contribution in [3.05, 3.63) is 42.5 Å². The molecule has 0 fully saturated rings. The number of carbonyl (C=O) groups excluding carboxylic acids is 1. The van der Waals surface area contributed by atoms with E-state index in [1.54, 1.807) is 5.94 Å². The molecule has 0 aromatic rings. The van der Waals surface area contributed by atoms with Gasteiger partial charge in [0, 0.05) is 6.08 Å². The van der Waals surface area contributed by atoms with Crippen LogP contribution in [0.4, 0.5) is 0 Å². The van der Waals surface area contributed by atoms with E-state index in [2.05, 4.69) is 19.1 Å².